The van der Waals surface area contributed by atoms with Crippen molar-refractivity contribution in [3.8, 4) is 6.07 Å². The lowest BCUT2D eigenvalue weighted by Gasteiger charge is -2.20. The molecule has 0 N–H and O–H groups in total. The average Bonchev–Trinajstić information content (AvgIpc) is 2.37. The Kier molecular flexibility index (Phi) is 11.5. The summed E-state index contributed by atoms with van der Waals surface area (Å²) >= 11 is 0. The van der Waals surface area contributed by atoms with Crippen molar-refractivity contribution in [1.29, 1.82) is 5.26 Å². The predicted molar refractivity (Wildman–Crippen MR) is 66.0 cm³/mol. The molecule has 0 saturated heterocycles. The maximum atomic E-state index is 11.0. The highest BCUT2D eigenvalue weighted by atomic mass is 16.6. The van der Waals surface area contributed by atoms with E-state index in [4.69, 9.17) is 19.5 Å². The van der Waals surface area contributed by atoms with Crippen LogP contribution < -0.4 is 0 Å². The number of rotatable bonds is 11. The predicted octanol–water partition coefficient (Wildman–Crippen LogP) is 0.428. The van der Waals surface area contributed by atoms with Gasteiger partial charge in [-0.05, 0) is 6.92 Å². The van der Waals surface area contributed by atoms with E-state index in [0.717, 1.165) is 6.54 Å². The molecule has 0 aromatic carbocycles. The number of ether oxygens (including phenoxy) is 3. The molecule has 0 unspecified atom stereocenters. The van der Waals surface area contributed by atoms with E-state index < -0.39 is 0 Å². The molecule has 0 rings (SSSR count). The van der Waals surface area contributed by atoms with Crippen molar-refractivity contribution in [3.05, 3.63) is 0 Å². The van der Waals surface area contributed by atoms with Gasteiger partial charge in [-0.15, -0.1) is 0 Å². The van der Waals surface area contributed by atoms with Crippen molar-refractivity contribution in [1.82, 2.24) is 4.90 Å². The van der Waals surface area contributed by atoms with Crippen LogP contribution in [0.25, 0.3) is 0 Å². The molecule has 6 nitrogen and oxygen atoms in total. The molecular formula is C12H22N2O4. The van der Waals surface area contributed by atoms with E-state index in [1.165, 1.54) is 0 Å². The van der Waals surface area contributed by atoms with Crippen molar-refractivity contribution in [3.63, 3.8) is 0 Å². The highest BCUT2D eigenvalue weighted by Gasteiger charge is 2.06. The monoisotopic (exact) mass is 258 g/mol. The fourth-order valence-electron chi connectivity index (χ4n) is 1.32. The van der Waals surface area contributed by atoms with E-state index in [-0.39, 0.29) is 12.6 Å². The van der Waals surface area contributed by atoms with Crippen LogP contribution in [-0.4, -0.2) is 64.0 Å². The molecule has 0 saturated carbocycles. The minimum atomic E-state index is -0.349. The molecule has 0 fully saturated rings. The Morgan fingerprint density at radius 3 is 2.61 bits per heavy atom. The standard InChI is InChI=1S/C12H22N2O4/c1-3-18-12(15)11-17-10-8-14(6-4-5-13)7-9-16-2/h3-4,6-11H2,1-2H3. The van der Waals surface area contributed by atoms with Crippen LogP contribution in [0.5, 0.6) is 0 Å². The lowest BCUT2D eigenvalue weighted by Crippen LogP contribution is -2.32. The largest absolute Gasteiger partial charge is 0.464 e. The van der Waals surface area contributed by atoms with Crippen molar-refractivity contribution < 1.29 is 19.0 Å². The van der Waals surface area contributed by atoms with E-state index in [1.807, 2.05) is 0 Å². The van der Waals surface area contributed by atoms with Gasteiger partial charge in [0.25, 0.3) is 0 Å². The first-order valence-electron chi connectivity index (χ1n) is 6.06. The van der Waals surface area contributed by atoms with Crippen molar-refractivity contribution in [2.75, 3.05) is 53.2 Å². The second-order valence-electron chi connectivity index (χ2n) is 3.60. The summed E-state index contributed by atoms with van der Waals surface area (Å²) in [5.74, 6) is -0.349. The number of carbonyl (C=O) groups is 1. The maximum absolute atomic E-state index is 11.0. The lowest BCUT2D eigenvalue weighted by atomic mass is 10.4. The maximum Gasteiger partial charge on any atom is 0.332 e. The molecule has 0 aliphatic rings. The number of hydrogen-bond acceptors (Lipinski definition) is 6. The Morgan fingerprint density at radius 1 is 1.28 bits per heavy atom. The van der Waals surface area contributed by atoms with E-state index >= 15 is 0 Å². The highest BCUT2D eigenvalue weighted by Crippen LogP contribution is 1.92. The minimum Gasteiger partial charge on any atom is -0.464 e. The van der Waals surface area contributed by atoms with Crippen LogP contribution in [0.3, 0.4) is 0 Å². The zero-order valence-electron chi connectivity index (χ0n) is 11.2. The summed E-state index contributed by atoms with van der Waals surface area (Å²) in [5, 5.41) is 8.54. The summed E-state index contributed by atoms with van der Waals surface area (Å²) in [6.07, 6.45) is 0.474. The van der Waals surface area contributed by atoms with Gasteiger partial charge in [0.1, 0.15) is 6.61 Å². The molecule has 0 atom stereocenters. The third-order valence-electron chi connectivity index (χ3n) is 2.23. The summed E-state index contributed by atoms with van der Waals surface area (Å²) < 4.78 is 14.9. The van der Waals surface area contributed by atoms with Gasteiger partial charge in [-0.25, -0.2) is 4.79 Å². The molecule has 0 aromatic heterocycles. The van der Waals surface area contributed by atoms with Crippen LogP contribution >= 0.6 is 0 Å². The first kappa shape index (κ1) is 16.8. The van der Waals surface area contributed by atoms with Gasteiger partial charge in [0.05, 0.1) is 25.9 Å². The summed E-state index contributed by atoms with van der Waals surface area (Å²) in [6, 6.07) is 2.10. The Labute approximate surface area is 108 Å². The van der Waals surface area contributed by atoms with Crippen LogP contribution in [0.4, 0.5) is 0 Å². The molecule has 0 aromatic rings. The number of hydrogen-bond donors (Lipinski definition) is 0. The van der Waals surface area contributed by atoms with E-state index in [0.29, 0.717) is 39.3 Å². The smallest absolute Gasteiger partial charge is 0.332 e. The number of nitriles is 1. The number of carbonyl (C=O) groups excluding carboxylic acids is 1. The molecular weight excluding hydrogens is 236 g/mol. The highest BCUT2D eigenvalue weighted by molar-refractivity contribution is 5.70. The molecule has 104 valence electrons. The Bertz CT molecular complexity index is 253. The molecule has 0 radical (unpaired) electrons. The zero-order chi connectivity index (χ0) is 13.6. The topological polar surface area (TPSA) is 71.8 Å². The summed E-state index contributed by atoms with van der Waals surface area (Å²) in [4.78, 5) is 13.1. The van der Waals surface area contributed by atoms with E-state index in [1.54, 1.807) is 14.0 Å². The fraction of sp³-hybridized carbons (Fsp3) is 0.833. The van der Waals surface area contributed by atoms with Crippen molar-refractivity contribution in [2.24, 2.45) is 0 Å². The van der Waals surface area contributed by atoms with Crippen molar-refractivity contribution in [2.45, 2.75) is 13.3 Å². The van der Waals surface area contributed by atoms with Gasteiger partial charge < -0.3 is 14.2 Å². The average molecular weight is 258 g/mol. The van der Waals surface area contributed by atoms with Crippen LogP contribution in [0, 0.1) is 11.3 Å². The third-order valence-corrected chi connectivity index (χ3v) is 2.23. The molecule has 18 heavy (non-hydrogen) atoms. The molecule has 0 aliphatic heterocycles. The summed E-state index contributed by atoms with van der Waals surface area (Å²) in [7, 11) is 1.64. The van der Waals surface area contributed by atoms with Gasteiger partial charge in [-0.2, -0.15) is 5.26 Å². The van der Waals surface area contributed by atoms with Crippen LogP contribution in [-0.2, 0) is 19.0 Å². The first-order valence-corrected chi connectivity index (χ1v) is 6.06. The third kappa shape index (κ3) is 10.0. The first-order chi connectivity index (χ1) is 8.74. The van der Waals surface area contributed by atoms with Gasteiger partial charge in [-0.3, -0.25) is 4.90 Å². The molecule has 6 heteroatoms. The Hall–Kier alpha value is -1.16. The second-order valence-corrected chi connectivity index (χ2v) is 3.60. The van der Waals surface area contributed by atoms with Crippen LogP contribution in [0.2, 0.25) is 0 Å². The number of nitrogens with zero attached hydrogens (tertiary/aromatic N) is 2. The Morgan fingerprint density at radius 2 is 2.00 bits per heavy atom. The molecule has 0 spiro atoms. The van der Waals surface area contributed by atoms with Gasteiger partial charge >= 0.3 is 5.97 Å². The van der Waals surface area contributed by atoms with Crippen LogP contribution in [0.1, 0.15) is 13.3 Å². The quantitative estimate of drug-likeness (QED) is 0.395. The van der Waals surface area contributed by atoms with E-state index in [2.05, 4.69) is 11.0 Å². The van der Waals surface area contributed by atoms with Gasteiger partial charge in [0, 0.05) is 33.2 Å². The Balaban J connectivity index is 3.67. The van der Waals surface area contributed by atoms with E-state index in [9.17, 15) is 4.79 Å². The molecule has 0 amide bonds. The lowest BCUT2D eigenvalue weighted by molar-refractivity contribution is -0.148. The minimum absolute atomic E-state index is 0.0236. The second kappa shape index (κ2) is 12.3. The molecule has 0 bridgehead atoms. The SMILES string of the molecule is CCOC(=O)COCCN(CCC#N)CCOC. The number of methoxy groups -OCH3 is 1. The van der Waals surface area contributed by atoms with Gasteiger partial charge in [0.15, 0.2) is 0 Å². The fourth-order valence-corrected chi connectivity index (χ4v) is 1.32. The van der Waals surface area contributed by atoms with Gasteiger partial charge in [-0.1, -0.05) is 0 Å². The summed E-state index contributed by atoms with van der Waals surface area (Å²) in [5.41, 5.74) is 0. The zero-order valence-corrected chi connectivity index (χ0v) is 11.2. The van der Waals surface area contributed by atoms with Gasteiger partial charge in [0.2, 0.25) is 0 Å². The number of esters is 1. The molecule has 0 heterocycles. The van der Waals surface area contributed by atoms with Crippen LogP contribution in [0.15, 0.2) is 0 Å². The van der Waals surface area contributed by atoms with Crippen molar-refractivity contribution >= 4 is 5.97 Å². The molecule has 0 aliphatic carbocycles. The summed E-state index contributed by atoms with van der Waals surface area (Å²) in [6.45, 7) is 5.26. The normalized spacial score (nSPS) is 10.3.